The van der Waals surface area contributed by atoms with E-state index in [4.69, 9.17) is 4.74 Å². The van der Waals surface area contributed by atoms with Gasteiger partial charge in [-0.2, -0.15) is 0 Å². The van der Waals surface area contributed by atoms with Crippen molar-refractivity contribution in [3.05, 3.63) is 71.8 Å². The number of nitrogens with one attached hydrogen (secondary N) is 2. The molecule has 0 heterocycles. The summed E-state index contributed by atoms with van der Waals surface area (Å²) in [6.07, 6.45) is 1.18. The summed E-state index contributed by atoms with van der Waals surface area (Å²) in [7, 11) is 0. The Bertz CT molecular complexity index is 1020. The first-order valence-electron chi connectivity index (χ1n) is 8.88. The van der Waals surface area contributed by atoms with Crippen LogP contribution in [0.3, 0.4) is 0 Å². The highest BCUT2D eigenvalue weighted by atomic mass is 32.2. The highest BCUT2D eigenvalue weighted by Gasteiger charge is 2.17. The van der Waals surface area contributed by atoms with E-state index in [1.54, 1.807) is 24.8 Å². The molecule has 0 saturated carbocycles. The van der Waals surface area contributed by atoms with Crippen LogP contribution in [0, 0.1) is 6.92 Å². The minimum atomic E-state index is -0.764. The topological polar surface area (TPSA) is 67.4 Å². The fourth-order valence-electron chi connectivity index (χ4n) is 2.76. The molecule has 0 aliphatic rings. The monoisotopic (exact) mass is 394 g/mol. The van der Waals surface area contributed by atoms with E-state index >= 15 is 0 Å². The van der Waals surface area contributed by atoms with Crippen molar-refractivity contribution in [1.29, 1.82) is 0 Å². The van der Waals surface area contributed by atoms with Gasteiger partial charge in [-0.25, -0.2) is 0 Å². The first-order valence-corrected chi connectivity index (χ1v) is 10.1. The number of ether oxygens (including phenoxy) is 1. The van der Waals surface area contributed by atoms with Crippen LogP contribution < -0.4 is 15.6 Å². The fraction of sp³-hybridized carbons (Fsp3) is 0.182. The van der Waals surface area contributed by atoms with E-state index in [-0.39, 0.29) is 5.91 Å². The summed E-state index contributed by atoms with van der Waals surface area (Å²) in [6.45, 7) is 3.49. The van der Waals surface area contributed by atoms with Gasteiger partial charge in [0.1, 0.15) is 5.75 Å². The maximum absolute atomic E-state index is 12.4. The summed E-state index contributed by atoms with van der Waals surface area (Å²) in [6, 6.07) is 19.2. The summed E-state index contributed by atoms with van der Waals surface area (Å²) in [4.78, 5) is 25.7. The van der Waals surface area contributed by atoms with Crippen molar-refractivity contribution in [1.82, 2.24) is 10.9 Å². The van der Waals surface area contributed by atoms with Crippen LogP contribution in [0.4, 0.5) is 0 Å². The predicted octanol–water partition coefficient (Wildman–Crippen LogP) is 4.10. The van der Waals surface area contributed by atoms with Gasteiger partial charge in [-0.1, -0.05) is 36.4 Å². The molecule has 5 nitrogen and oxygen atoms in total. The second-order valence-electron chi connectivity index (χ2n) is 6.39. The average molecular weight is 394 g/mol. The lowest BCUT2D eigenvalue weighted by Crippen LogP contribution is -2.47. The van der Waals surface area contributed by atoms with Crippen LogP contribution in [0.15, 0.2) is 65.6 Å². The minimum Gasteiger partial charge on any atom is -0.481 e. The van der Waals surface area contributed by atoms with Crippen LogP contribution in [-0.4, -0.2) is 24.2 Å². The van der Waals surface area contributed by atoms with Crippen LogP contribution in [0.5, 0.6) is 5.75 Å². The summed E-state index contributed by atoms with van der Waals surface area (Å²) < 4.78 is 5.72. The number of carbonyl (C=O) groups is 2. The zero-order valence-electron chi connectivity index (χ0n) is 16.0. The first-order chi connectivity index (χ1) is 13.5. The van der Waals surface area contributed by atoms with Crippen LogP contribution in [0.25, 0.3) is 10.8 Å². The Morgan fingerprint density at radius 2 is 1.71 bits per heavy atom. The number of hydrogen-bond acceptors (Lipinski definition) is 4. The minimum absolute atomic E-state index is 0.361. The highest BCUT2D eigenvalue weighted by molar-refractivity contribution is 7.98. The first kappa shape index (κ1) is 19.8. The van der Waals surface area contributed by atoms with Gasteiger partial charge in [0.2, 0.25) is 0 Å². The molecule has 0 bridgehead atoms. The number of rotatable bonds is 5. The Labute approximate surface area is 168 Å². The van der Waals surface area contributed by atoms with Crippen molar-refractivity contribution in [3.8, 4) is 5.75 Å². The van der Waals surface area contributed by atoms with Gasteiger partial charge in [-0.3, -0.25) is 20.4 Å². The highest BCUT2D eigenvalue weighted by Crippen LogP contribution is 2.21. The Hall–Kier alpha value is -2.99. The molecule has 6 heteroatoms. The van der Waals surface area contributed by atoms with E-state index in [1.165, 1.54) is 0 Å². The molecule has 28 heavy (non-hydrogen) atoms. The summed E-state index contributed by atoms with van der Waals surface area (Å²) >= 11 is 1.55. The summed E-state index contributed by atoms with van der Waals surface area (Å²) in [5, 5.41) is 2.13. The van der Waals surface area contributed by atoms with Crippen molar-refractivity contribution in [3.63, 3.8) is 0 Å². The van der Waals surface area contributed by atoms with Gasteiger partial charge in [0.25, 0.3) is 11.8 Å². The van der Waals surface area contributed by atoms with E-state index in [0.717, 1.165) is 21.2 Å². The van der Waals surface area contributed by atoms with E-state index in [2.05, 4.69) is 10.9 Å². The van der Waals surface area contributed by atoms with Gasteiger partial charge in [0, 0.05) is 10.5 Å². The maximum atomic E-state index is 12.4. The fourth-order valence-corrected chi connectivity index (χ4v) is 3.20. The summed E-state index contributed by atoms with van der Waals surface area (Å²) in [5.41, 5.74) is 6.25. The number of hydrazine groups is 1. The van der Waals surface area contributed by atoms with Crippen LogP contribution in [0.2, 0.25) is 0 Å². The lowest BCUT2D eigenvalue weighted by molar-refractivity contribution is -0.128. The third kappa shape index (κ3) is 4.64. The third-order valence-electron chi connectivity index (χ3n) is 4.39. The van der Waals surface area contributed by atoms with E-state index < -0.39 is 12.0 Å². The molecule has 3 rings (SSSR count). The Kier molecular flexibility index (Phi) is 6.21. The predicted molar refractivity (Wildman–Crippen MR) is 113 cm³/mol. The van der Waals surface area contributed by atoms with E-state index in [9.17, 15) is 9.59 Å². The van der Waals surface area contributed by atoms with Crippen LogP contribution in [0.1, 0.15) is 22.8 Å². The number of fused-ring (bicyclic) bond motifs is 1. The second-order valence-corrected chi connectivity index (χ2v) is 7.27. The Morgan fingerprint density at radius 1 is 0.964 bits per heavy atom. The number of thioether (sulfide) groups is 1. The molecule has 1 atom stereocenters. The van der Waals surface area contributed by atoms with Crippen molar-refractivity contribution in [2.75, 3.05) is 6.26 Å². The number of aryl methyl sites for hydroxylation is 1. The normalized spacial score (nSPS) is 11.7. The molecule has 0 aromatic heterocycles. The lowest BCUT2D eigenvalue weighted by atomic mass is 10.1. The van der Waals surface area contributed by atoms with E-state index in [1.807, 2.05) is 67.8 Å². The SMILES string of the molecule is CSc1ccc(C)c(C(=O)NNC(=O)C(C)Oc2ccc3ccccc3c2)c1. The lowest BCUT2D eigenvalue weighted by Gasteiger charge is -2.16. The molecule has 0 spiro atoms. The van der Waals surface area contributed by atoms with Gasteiger partial charge in [0.15, 0.2) is 6.10 Å². The zero-order valence-corrected chi connectivity index (χ0v) is 16.8. The smallest absolute Gasteiger partial charge is 0.279 e. The molecule has 0 aliphatic heterocycles. The van der Waals surface area contributed by atoms with E-state index in [0.29, 0.717) is 11.3 Å². The number of amides is 2. The van der Waals surface area contributed by atoms with Gasteiger partial charge in [-0.15, -0.1) is 11.8 Å². The van der Waals surface area contributed by atoms with Gasteiger partial charge in [-0.05, 0) is 60.7 Å². The van der Waals surface area contributed by atoms with Crippen LogP contribution in [-0.2, 0) is 4.79 Å². The quantitative estimate of drug-likeness (QED) is 0.505. The molecular weight excluding hydrogens is 372 g/mol. The van der Waals surface area contributed by atoms with Gasteiger partial charge >= 0.3 is 0 Å². The molecule has 3 aromatic carbocycles. The van der Waals surface area contributed by atoms with Gasteiger partial charge in [0.05, 0.1) is 0 Å². The number of carbonyl (C=O) groups excluding carboxylic acids is 2. The molecular formula is C22H22N2O3S. The molecule has 2 amide bonds. The molecule has 144 valence electrons. The number of hydrogen-bond donors (Lipinski definition) is 2. The van der Waals surface area contributed by atoms with Crippen LogP contribution >= 0.6 is 11.8 Å². The van der Waals surface area contributed by atoms with Crippen molar-refractivity contribution in [2.24, 2.45) is 0 Å². The molecule has 1 unspecified atom stereocenters. The van der Waals surface area contributed by atoms with Crippen molar-refractivity contribution in [2.45, 2.75) is 24.8 Å². The zero-order chi connectivity index (χ0) is 20.1. The summed E-state index contributed by atoms with van der Waals surface area (Å²) in [5.74, 6) is -0.198. The standard InChI is InChI=1S/C22H22N2O3S/c1-14-8-11-19(28-3)13-20(14)22(26)24-23-21(25)15(2)27-18-10-9-16-6-4-5-7-17(16)12-18/h4-13,15H,1-3H3,(H,23,25)(H,24,26). The maximum Gasteiger partial charge on any atom is 0.279 e. The Balaban J connectivity index is 1.60. The number of benzene rings is 3. The molecule has 0 fully saturated rings. The molecule has 3 aromatic rings. The van der Waals surface area contributed by atoms with Gasteiger partial charge < -0.3 is 4.74 Å². The van der Waals surface area contributed by atoms with Crippen molar-refractivity contribution >= 4 is 34.3 Å². The largest absolute Gasteiger partial charge is 0.481 e. The third-order valence-corrected chi connectivity index (χ3v) is 5.12. The molecule has 0 saturated heterocycles. The Morgan fingerprint density at radius 3 is 2.46 bits per heavy atom. The molecule has 0 aliphatic carbocycles. The average Bonchev–Trinajstić information content (AvgIpc) is 2.72. The second kappa shape index (κ2) is 8.80. The molecule has 2 N–H and O–H groups in total. The molecule has 0 radical (unpaired) electrons. The van der Waals surface area contributed by atoms with Crippen molar-refractivity contribution < 1.29 is 14.3 Å².